The number of hydrogen-bond donors (Lipinski definition) is 1. The lowest BCUT2D eigenvalue weighted by Gasteiger charge is -2.04. The van der Waals surface area contributed by atoms with Gasteiger partial charge in [0.25, 0.3) is 0 Å². The van der Waals surface area contributed by atoms with Gasteiger partial charge in [-0.3, -0.25) is 0 Å². The number of aryl methyl sites for hydroxylation is 1. The maximum atomic E-state index is 8.47. The Bertz CT molecular complexity index is 225. The number of rotatable bonds is 3. The van der Waals surface area contributed by atoms with E-state index in [9.17, 15) is 0 Å². The number of hydrogen-bond acceptors (Lipinski definition) is 3. The molecule has 0 aliphatic rings. The molecule has 1 N–H and O–H groups in total. The smallest absolute Gasteiger partial charge is 0.216 e. The molecule has 0 saturated carbocycles. The first-order chi connectivity index (χ1) is 5.34. The van der Waals surface area contributed by atoms with E-state index in [0.29, 0.717) is 12.5 Å². The highest BCUT2D eigenvalue weighted by atomic mass is 16.5. The van der Waals surface area contributed by atoms with E-state index in [0.717, 1.165) is 5.56 Å². The van der Waals surface area contributed by atoms with Crippen molar-refractivity contribution in [2.75, 3.05) is 13.2 Å². The molecule has 1 heterocycles. The molecule has 1 aromatic rings. The molecule has 0 amide bonds. The van der Waals surface area contributed by atoms with Crippen LogP contribution in [0.2, 0.25) is 0 Å². The maximum absolute atomic E-state index is 8.47. The molecule has 3 heteroatoms. The van der Waals surface area contributed by atoms with Crippen LogP contribution in [0.15, 0.2) is 18.3 Å². The molecule has 0 aliphatic carbocycles. The summed E-state index contributed by atoms with van der Waals surface area (Å²) in [5.74, 6) is 0.599. The monoisotopic (exact) mass is 153 g/mol. The quantitative estimate of drug-likeness (QED) is 0.697. The fourth-order valence-corrected chi connectivity index (χ4v) is 0.765. The van der Waals surface area contributed by atoms with Gasteiger partial charge in [0, 0.05) is 11.8 Å². The summed E-state index contributed by atoms with van der Waals surface area (Å²) in [7, 11) is 0. The molecular weight excluding hydrogens is 142 g/mol. The number of aliphatic hydroxyl groups excluding tert-OH is 1. The SMILES string of the molecule is Cc1cccnc1OCCO. The third kappa shape index (κ3) is 2.20. The van der Waals surface area contributed by atoms with Crippen molar-refractivity contribution >= 4 is 0 Å². The number of aliphatic hydroxyl groups is 1. The van der Waals surface area contributed by atoms with Crippen LogP contribution in [0, 0.1) is 6.92 Å². The van der Waals surface area contributed by atoms with Crippen molar-refractivity contribution < 1.29 is 9.84 Å². The summed E-state index contributed by atoms with van der Waals surface area (Å²) in [6, 6.07) is 3.76. The first kappa shape index (κ1) is 8.01. The maximum Gasteiger partial charge on any atom is 0.216 e. The van der Waals surface area contributed by atoms with Crippen LogP contribution < -0.4 is 4.74 Å². The van der Waals surface area contributed by atoms with Gasteiger partial charge in [-0.15, -0.1) is 0 Å². The summed E-state index contributed by atoms with van der Waals surface area (Å²) in [5.41, 5.74) is 0.987. The second-order valence-corrected chi connectivity index (χ2v) is 2.20. The van der Waals surface area contributed by atoms with Gasteiger partial charge >= 0.3 is 0 Å². The predicted molar refractivity (Wildman–Crippen MR) is 41.6 cm³/mol. The third-order valence-electron chi connectivity index (χ3n) is 1.29. The summed E-state index contributed by atoms with van der Waals surface area (Å²) in [6.45, 7) is 2.24. The lowest BCUT2D eigenvalue weighted by molar-refractivity contribution is 0.196. The van der Waals surface area contributed by atoms with E-state index in [1.807, 2.05) is 19.1 Å². The van der Waals surface area contributed by atoms with Gasteiger partial charge < -0.3 is 9.84 Å². The van der Waals surface area contributed by atoms with Gasteiger partial charge in [0.2, 0.25) is 5.88 Å². The minimum atomic E-state index is 0.0238. The summed E-state index contributed by atoms with van der Waals surface area (Å²) in [6.07, 6.45) is 1.67. The first-order valence-corrected chi connectivity index (χ1v) is 3.50. The summed E-state index contributed by atoms with van der Waals surface area (Å²) < 4.78 is 5.12. The zero-order chi connectivity index (χ0) is 8.10. The molecule has 1 aromatic heterocycles. The molecule has 11 heavy (non-hydrogen) atoms. The molecule has 0 aliphatic heterocycles. The molecule has 0 spiro atoms. The number of aromatic nitrogens is 1. The van der Waals surface area contributed by atoms with Gasteiger partial charge in [-0.1, -0.05) is 6.07 Å². The first-order valence-electron chi connectivity index (χ1n) is 3.50. The Hall–Kier alpha value is -1.09. The fraction of sp³-hybridized carbons (Fsp3) is 0.375. The van der Waals surface area contributed by atoms with Gasteiger partial charge in [0.05, 0.1) is 6.61 Å². The van der Waals surface area contributed by atoms with E-state index in [-0.39, 0.29) is 6.61 Å². The molecule has 0 aromatic carbocycles. The van der Waals surface area contributed by atoms with Crippen molar-refractivity contribution in [3.63, 3.8) is 0 Å². The van der Waals surface area contributed by atoms with Crippen LogP contribution in [0.3, 0.4) is 0 Å². The summed E-state index contributed by atoms with van der Waals surface area (Å²) >= 11 is 0. The van der Waals surface area contributed by atoms with Crippen molar-refractivity contribution in [1.82, 2.24) is 4.98 Å². The lowest BCUT2D eigenvalue weighted by atomic mass is 10.3. The van der Waals surface area contributed by atoms with Crippen LogP contribution in [-0.2, 0) is 0 Å². The Morgan fingerprint density at radius 3 is 3.09 bits per heavy atom. The molecule has 0 fully saturated rings. The van der Waals surface area contributed by atoms with Crippen LogP contribution in [0.1, 0.15) is 5.56 Å². The number of ether oxygens (including phenoxy) is 1. The zero-order valence-electron chi connectivity index (χ0n) is 6.45. The van der Waals surface area contributed by atoms with Gasteiger partial charge in [-0.25, -0.2) is 4.98 Å². The summed E-state index contributed by atoms with van der Waals surface area (Å²) in [5, 5.41) is 8.47. The Morgan fingerprint density at radius 2 is 2.45 bits per heavy atom. The van der Waals surface area contributed by atoms with Gasteiger partial charge in [0.1, 0.15) is 6.61 Å². The van der Waals surface area contributed by atoms with Crippen molar-refractivity contribution in [3.05, 3.63) is 23.9 Å². The van der Waals surface area contributed by atoms with Gasteiger partial charge in [-0.05, 0) is 13.0 Å². The van der Waals surface area contributed by atoms with E-state index in [4.69, 9.17) is 9.84 Å². The lowest BCUT2D eigenvalue weighted by Crippen LogP contribution is -2.03. The highest BCUT2D eigenvalue weighted by Crippen LogP contribution is 2.11. The van der Waals surface area contributed by atoms with E-state index >= 15 is 0 Å². The van der Waals surface area contributed by atoms with Crippen LogP contribution in [0.4, 0.5) is 0 Å². The standard InChI is InChI=1S/C8H11NO2/c1-7-3-2-4-9-8(7)11-6-5-10/h2-4,10H,5-6H2,1H3. The second-order valence-electron chi connectivity index (χ2n) is 2.20. The van der Waals surface area contributed by atoms with Crippen LogP contribution in [0.5, 0.6) is 5.88 Å². The number of pyridine rings is 1. The topological polar surface area (TPSA) is 42.4 Å². The highest BCUT2D eigenvalue weighted by molar-refractivity contribution is 5.23. The van der Waals surface area contributed by atoms with Crippen LogP contribution >= 0.6 is 0 Å². The van der Waals surface area contributed by atoms with Crippen molar-refractivity contribution in [1.29, 1.82) is 0 Å². The van der Waals surface area contributed by atoms with Crippen molar-refractivity contribution in [2.24, 2.45) is 0 Å². The Labute approximate surface area is 65.7 Å². The van der Waals surface area contributed by atoms with Gasteiger partial charge in [0.15, 0.2) is 0 Å². The predicted octanol–water partition coefficient (Wildman–Crippen LogP) is 0.761. The Kier molecular flexibility index (Phi) is 2.86. The molecule has 0 saturated heterocycles. The van der Waals surface area contributed by atoms with Crippen molar-refractivity contribution in [2.45, 2.75) is 6.92 Å². The largest absolute Gasteiger partial charge is 0.475 e. The molecule has 0 unspecified atom stereocenters. The van der Waals surface area contributed by atoms with E-state index in [1.165, 1.54) is 0 Å². The molecule has 0 radical (unpaired) electrons. The fourth-order valence-electron chi connectivity index (χ4n) is 0.765. The van der Waals surface area contributed by atoms with Crippen LogP contribution in [0.25, 0.3) is 0 Å². The average molecular weight is 153 g/mol. The molecule has 60 valence electrons. The minimum absolute atomic E-state index is 0.0238. The molecule has 0 atom stereocenters. The second kappa shape index (κ2) is 3.93. The van der Waals surface area contributed by atoms with Crippen LogP contribution in [-0.4, -0.2) is 23.3 Å². The molecule has 1 rings (SSSR count). The molecule has 3 nitrogen and oxygen atoms in total. The zero-order valence-corrected chi connectivity index (χ0v) is 6.45. The normalized spacial score (nSPS) is 9.64. The van der Waals surface area contributed by atoms with E-state index < -0.39 is 0 Å². The van der Waals surface area contributed by atoms with E-state index in [2.05, 4.69) is 4.98 Å². The van der Waals surface area contributed by atoms with Crippen molar-refractivity contribution in [3.8, 4) is 5.88 Å². The highest BCUT2D eigenvalue weighted by Gasteiger charge is 1.96. The Balaban J connectivity index is 2.62. The van der Waals surface area contributed by atoms with E-state index in [1.54, 1.807) is 6.20 Å². The third-order valence-corrected chi connectivity index (χ3v) is 1.29. The average Bonchev–Trinajstić information content (AvgIpc) is 2.03. The van der Waals surface area contributed by atoms with Gasteiger partial charge in [-0.2, -0.15) is 0 Å². The molecular formula is C8H11NO2. The Morgan fingerprint density at radius 1 is 1.64 bits per heavy atom. The molecule has 0 bridgehead atoms. The summed E-state index contributed by atoms with van der Waals surface area (Å²) in [4.78, 5) is 3.98. The minimum Gasteiger partial charge on any atom is -0.475 e. The number of nitrogens with zero attached hydrogens (tertiary/aromatic N) is 1.